The molecule has 0 saturated carbocycles. The van der Waals surface area contributed by atoms with Gasteiger partial charge >= 0.3 is 0 Å². The van der Waals surface area contributed by atoms with Crippen LogP contribution in [0.1, 0.15) is 34.3 Å². The number of carbonyl (C=O) groups is 1. The first-order valence-corrected chi connectivity index (χ1v) is 9.09. The third kappa shape index (κ3) is 4.63. The fraction of sp³-hybridized carbons (Fsp3) is 0.333. The van der Waals surface area contributed by atoms with Crippen LogP contribution in [0.3, 0.4) is 0 Å². The molecule has 1 aliphatic heterocycles. The zero-order valence-corrected chi connectivity index (χ0v) is 15.3. The molecule has 0 aromatic heterocycles. The molecule has 3 rings (SSSR count). The third-order valence-corrected chi connectivity index (χ3v) is 4.88. The topological polar surface area (TPSA) is 68.2 Å². The Labute approximate surface area is 158 Å². The standard InChI is InChI=1S/C21H23FN4O/c1-24-21(27)17-7-4-15(5-8-17)13-25-18-3-2-10-26(14-18)20-9-6-16(12-23)11-19(20)22/h4-9,11,18,25H,2-3,10,13-14H2,1H3,(H,24,27). The van der Waals surface area contributed by atoms with E-state index in [-0.39, 0.29) is 17.8 Å². The molecule has 1 amide bonds. The number of anilines is 1. The summed E-state index contributed by atoms with van der Waals surface area (Å²) in [4.78, 5) is 13.6. The van der Waals surface area contributed by atoms with Gasteiger partial charge in [0.1, 0.15) is 5.82 Å². The number of nitriles is 1. The van der Waals surface area contributed by atoms with Gasteiger partial charge in [0.2, 0.25) is 0 Å². The van der Waals surface area contributed by atoms with Gasteiger partial charge in [-0.15, -0.1) is 0 Å². The lowest BCUT2D eigenvalue weighted by atomic mass is 10.0. The lowest BCUT2D eigenvalue weighted by Gasteiger charge is -2.35. The van der Waals surface area contributed by atoms with E-state index in [9.17, 15) is 9.18 Å². The van der Waals surface area contributed by atoms with E-state index in [0.29, 0.717) is 23.4 Å². The van der Waals surface area contributed by atoms with Crippen molar-refractivity contribution in [2.24, 2.45) is 0 Å². The van der Waals surface area contributed by atoms with Crippen LogP contribution in [0, 0.1) is 17.1 Å². The highest BCUT2D eigenvalue weighted by Gasteiger charge is 2.22. The van der Waals surface area contributed by atoms with Crippen molar-refractivity contribution in [2.45, 2.75) is 25.4 Å². The first-order chi connectivity index (χ1) is 13.1. The number of carbonyl (C=O) groups excluding carboxylic acids is 1. The smallest absolute Gasteiger partial charge is 0.251 e. The van der Waals surface area contributed by atoms with Crippen LogP contribution >= 0.6 is 0 Å². The zero-order chi connectivity index (χ0) is 19.2. The molecule has 0 bridgehead atoms. The number of nitrogens with zero attached hydrogens (tertiary/aromatic N) is 2. The molecule has 0 radical (unpaired) electrons. The highest BCUT2D eigenvalue weighted by atomic mass is 19.1. The van der Waals surface area contributed by atoms with Gasteiger partial charge in [-0.2, -0.15) is 5.26 Å². The molecule has 2 aromatic carbocycles. The molecule has 0 aliphatic carbocycles. The number of piperidine rings is 1. The van der Waals surface area contributed by atoms with Crippen LogP contribution < -0.4 is 15.5 Å². The van der Waals surface area contributed by atoms with Gasteiger partial charge in [0, 0.05) is 38.3 Å². The first-order valence-electron chi connectivity index (χ1n) is 9.09. The van der Waals surface area contributed by atoms with Crippen LogP contribution in [0.5, 0.6) is 0 Å². The van der Waals surface area contributed by atoms with Gasteiger partial charge < -0.3 is 15.5 Å². The summed E-state index contributed by atoms with van der Waals surface area (Å²) in [6, 6.07) is 14.4. The minimum atomic E-state index is -0.348. The summed E-state index contributed by atoms with van der Waals surface area (Å²) in [7, 11) is 1.61. The van der Waals surface area contributed by atoms with Gasteiger partial charge in [-0.25, -0.2) is 4.39 Å². The average Bonchev–Trinajstić information content (AvgIpc) is 2.72. The van der Waals surface area contributed by atoms with Gasteiger partial charge in [-0.3, -0.25) is 4.79 Å². The Balaban J connectivity index is 1.59. The van der Waals surface area contributed by atoms with Gasteiger partial charge in [0.15, 0.2) is 0 Å². The lowest BCUT2D eigenvalue weighted by molar-refractivity contribution is 0.0963. The van der Waals surface area contributed by atoms with Gasteiger partial charge in [0.25, 0.3) is 5.91 Å². The Bertz CT molecular complexity index is 844. The fourth-order valence-corrected chi connectivity index (χ4v) is 3.38. The second-order valence-electron chi connectivity index (χ2n) is 6.72. The van der Waals surface area contributed by atoms with Crippen LogP contribution in [-0.4, -0.2) is 32.1 Å². The van der Waals surface area contributed by atoms with Crippen LogP contribution in [0.25, 0.3) is 0 Å². The molecular weight excluding hydrogens is 343 g/mol. The Hall–Kier alpha value is -2.91. The molecule has 0 spiro atoms. The Morgan fingerprint density at radius 1 is 1.30 bits per heavy atom. The number of amides is 1. The maximum absolute atomic E-state index is 14.3. The van der Waals surface area contributed by atoms with E-state index in [1.165, 1.54) is 6.07 Å². The summed E-state index contributed by atoms with van der Waals surface area (Å²) in [5.74, 6) is -0.443. The normalized spacial score (nSPS) is 16.6. The third-order valence-electron chi connectivity index (χ3n) is 4.88. The van der Waals surface area contributed by atoms with E-state index in [2.05, 4.69) is 10.6 Å². The first kappa shape index (κ1) is 18.9. The van der Waals surface area contributed by atoms with Crippen molar-refractivity contribution in [1.29, 1.82) is 5.26 Å². The second-order valence-corrected chi connectivity index (χ2v) is 6.72. The molecule has 1 unspecified atom stereocenters. The zero-order valence-electron chi connectivity index (χ0n) is 15.3. The highest BCUT2D eigenvalue weighted by Crippen LogP contribution is 2.24. The van der Waals surface area contributed by atoms with Crippen LogP contribution in [0.2, 0.25) is 0 Å². The average molecular weight is 366 g/mol. The molecule has 1 saturated heterocycles. The highest BCUT2D eigenvalue weighted by molar-refractivity contribution is 5.93. The van der Waals surface area contributed by atoms with Crippen LogP contribution in [-0.2, 0) is 6.54 Å². The Morgan fingerprint density at radius 2 is 2.07 bits per heavy atom. The number of hydrogen-bond donors (Lipinski definition) is 2. The Morgan fingerprint density at radius 3 is 2.74 bits per heavy atom. The number of benzene rings is 2. The summed E-state index contributed by atoms with van der Waals surface area (Å²) in [6.07, 6.45) is 2.01. The molecule has 27 heavy (non-hydrogen) atoms. The van der Waals surface area contributed by atoms with Crippen molar-refractivity contribution in [3.8, 4) is 6.07 Å². The molecule has 1 aliphatic rings. The molecule has 5 nitrogen and oxygen atoms in total. The van der Waals surface area contributed by atoms with Crippen molar-refractivity contribution in [1.82, 2.24) is 10.6 Å². The molecule has 6 heteroatoms. The van der Waals surface area contributed by atoms with E-state index in [1.807, 2.05) is 35.2 Å². The van der Waals surface area contributed by atoms with Crippen molar-refractivity contribution in [3.63, 3.8) is 0 Å². The summed E-state index contributed by atoms with van der Waals surface area (Å²) < 4.78 is 14.3. The van der Waals surface area contributed by atoms with Crippen molar-refractivity contribution in [3.05, 3.63) is 65.0 Å². The molecular formula is C21H23FN4O. The summed E-state index contributed by atoms with van der Waals surface area (Å²) in [5.41, 5.74) is 2.63. The molecule has 1 atom stereocenters. The van der Waals surface area contributed by atoms with Crippen LogP contribution in [0.15, 0.2) is 42.5 Å². The van der Waals surface area contributed by atoms with Gasteiger partial charge in [0.05, 0.1) is 17.3 Å². The predicted molar refractivity (Wildman–Crippen MR) is 103 cm³/mol. The SMILES string of the molecule is CNC(=O)c1ccc(CNC2CCCN(c3ccc(C#N)cc3F)C2)cc1. The quantitative estimate of drug-likeness (QED) is 0.854. The molecule has 1 heterocycles. The van der Waals surface area contributed by atoms with E-state index in [1.54, 1.807) is 19.2 Å². The number of halogens is 1. The number of hydrogen-bond acceptors (Lipinski definition) is 4. The summed E-state index contributed by atoms with van der Waals surface area (Å²) in [6.45, 7) is 2.23. The summed E-state index contributed by atoms with van der Waals surface area (Å²) in [5, 5.41) is 15.0. The lowest BCUT2D eigenvalue weighted by Crippen LogP contribution is -2.45. The van der Waals surface area contributed by atoms with Gasteiger partial charge in [-0.05, 0) is 48.7 Å². The number of nitrogens with one attached hydrogen (secondary N) is 2. The van der Waals surface area contributed by atoms with E-state index in [0.717, 1.165) is 31.5 Å². The summed E-state index contributed by atoms with van der Waals surface area (Å²) >= 11 is 0. The van der Waals surface area contributed by atoms with Crippen molar-refractivity contribution < 1.29 is 9.18 Å². The van der Waals surface area contributed by atoms with Gasteiger partial charge in [-0.1, -0.05) is 12.1 Å². The van der Waals surface area contributed by atoms with Crippen molar-refractivity contribution in [2.75, 3.05) is 25.0 Å². The molecule has 2 N–H and O–H groups in total. The molecule has 2 aromatic rings. The maximum atomic E-state index is 14.3. The monoisotopic (exact) mass is 366 g/mol. The minimum absolute atomic E-state index is 0.0955. The second kappa shape index (κ2) is 8.65. The predicted octanol–water partition coefficient (Wildman–Crippen LogP) is 2.82. The van der Waals surface area contributed by atoms with E-state index < -0.39 is 0 Å². The van der Waals surface area contributed by atoms with Crippen LogP contribution in [0.4, 0.5) is 10.1 Å². The van der Waals surface area contributed by atoms with E-state index in [4.69, 9.17) is 5.26 Å². The Kier molecular flexibility index (Phi) is 6.05. The minimum Gasteiger partial charge on any atom is -0.368 e. The fourth-order valence-electron chi connectivity index (χ4n) is 3.38. The largest absolute Gasteiger partial charge is 0.368 e. The molecule has 140 valence electrons. The van der Waals surface area contributed by atoms with E-state index >= 15 is 0 Å². The van der Waals surface area contributed by atoms with Crippen molar-refractivity contribution >= 4 is 11.6 Å². The maximum Gasteiger partial charge on any atom is 0.251 e. The molecule has 1 fully saturated rings. The number of rotatable bonds is 5.